The number of nitrogens with one attached hydrogen (secondary N) is 1. The van der Waals surface area contributed by atoms with Crippen LogP contribution in [-0.2, 0) is 20.0 Å². The van der Waals surface area contributed by atoms with E-state index in [1.54, 1.807) is 10.7 Å². The lowest BCUT2D eigenvalue weighted by Crippen LogP contribution is -2.21. The van der Waals surface area contributed by atoms with Crippen LogP contribution in [0.5, 0.6) is 0 Å². The van der Waals surface area contributed by atoms with Crippen molar-refractivity contribution in [2.24, 2.45) is 7.05 Å². The average Bonchev–Trinajstić information content (AvgIpc) is 2.75. The summed E-state index contributed by atoms with van der Waals surface area (Å²) in [5, 5.41) is 18.9. The van der Waals surface area contributed by atoms with Crippen LogP contribution in [0.2, 0.25) is 10.2 Å². The Labute approximate surface area is 134 Å². The Morgan fingerprint density at radius 2 is 2.05 bits per heavy atom. The zero-order valence-corrected chi connectivity index (χ0v) is 13.6. The third-order valence-corrected chi connectivity index (χ3v) is 4.21. The van der Waals surface area contributed by atoms with Crippen LogP contribution in [0.3, 0.4) is 0 Å². The first-order valence-electron chi connectivity index (χ1n) is 6.88. The predicted molar refractivity (Wildman–Crippen MR) is 85.7 cm³/mol. The minimum atomic E-state index is -0.653. The van der Waals surface area contributed by atoms with Crippen molar-refractivity contribution in [2.75, 3.05) is 6.54 Å². The van der Waals surface area contributed by atoms with E-state index in [9.17, 15) is 5.11 Å². The maximum absolute atomic E-state index is 10.2. The average molecular weight is 328 g/mol. The summed E-state index contributed by atoms with van der Waals surface area (Å²) in [6.07, 6.45) is 0.171. The fourth-order valence-corrected chi connectivity index (χ4v) is 2.72. The van der Waals surface area contributed by atoms with E-state index in [1.165, 1.54) is 0 Å². The number of benzene rings is 1. The van der Waals surface area contributed by atoms with Gasteiger partial charge in [-0.15, -0.1) is 0 Å². The lowest BCUT2D eigenvalue weighted by molar-refractivity contribution is 0.174. The summed E-state index contributed by atoms with van der Waals surface area (Å²) in [4.78, 5) is 0. The van der Waals surface area contributed by atoms with Crippen LogP contribution in [0.15, 0.2) is 24.3 Å². The maximum Gasteiger partial charge on any atom is 0.131 e. The van der Waals surface area contributed by atoms with Crippen LogP contribution in [0.4, 0.5) is 0 Å². The van der Waals surface area contributed by atoms with Crippen molar-refractivity contribution in [3.63, 3.8) is 0 Å². The van der Waals surface area contributed by atoms with E-state index >= 15 is 0 Å². The van der Waals surface area contributed by atoms with Gasteiger partial charge in [0.1, 0.15) is 5.15 Å². The molecule has 0 radical (unpaired) electrons. The van der Waals surface area contributed by atoms with E-state index in [1.807, 2.05) is 32.2 Å². The molecular weight excluding hydrogens is 309 g/mol. The van der Waals surface area contributed by atoms with Crippen molar-refractivity contribution in [2.45, 2.75) is 26.0 Å². The molecule has 0 bridgehead atoms. The van der Waals surface area contributed by atoms with Crippen molar-refractivity contribution in [1.82, 2.24) is 15.1 Å². The topological polar surface area (TPSA) is 50.1 Å². The molecule has 2 N–H and O–H groups in total. The minimum Gasteiger partial charge on any atom is -0.387 e. The van der Waals surface area contributed by atoms with Gasteiger partial charge < -0.3 is 10.4 Å². The van der Waals surface area contributed by atoms with Crippen molar-refractivity contribution < 1.29 is 5.11 Å². The fourth-order valence-electron chi connectivity index (χ4n) is 2.25. The summed E-state index contributed by atoms with van der Waals surface area (Å²) in [5.74, 6) is 0. The standard InChI is InChI=1S/C15H19Cl2N3O/c1-3-13-11(15(17)20(2)19-13)8-18-9-14(21)10-6-4-5-7-12(10)16/h4-7,14,18,21H,3,8-9H2,1-2H3. The molecular formula is C15H19Cl2N3O. The Balaban J connectivity index is 1.97. The highest BCUT2D eigenvalue weighted by Gasteiger charge is 2.14. The Kier molecular flexibility index (Phi) is 5.65. The summed E-state index contributed by atoms with van der Waals surface area (Å²) in [6.45, 7) is 3.01. The molecule has 0 aliphatic heterocycles. The summed E-state index contributed by atoms with van der Waals surface area (Å²) >= 11 is 12.3. The molecule has 6 heteroatoms. The first-order valence-corrected chi connectivity index (χ1v) is 7.63. The fraction of sp³-hybridized carbons (Fsp3) is 0.400. The molecule has 2 rings (SSSR count). The number of halogens is 2. The molecule has 1 aromatic carbocycles. The highest BCUT2D eigenvalue weighted by molar-refractivity contribution is 6.31. The molecule has 0 saturated heterocycles. The monoisotopic (exact) mass is 327 g/mol. The summed E-state index contributed by atoms with van der Waals surface area (Å²) in [6, 6.07) is 7.29. The van der Waals surface area contributed by atoms with Crippen LogP contribution in [0.1, 0.15) is 29.8 Å². The molecule has 4 nitrogen and oxygen atoms in total. The highest BCUT2D eigenvalue weighted by Crippen LogP contribution is 2.23. The molecule has 1 atom stereocenters. The Bertz CT molecular complexity index is 613. The maximum atomic E-state index is 10.2. The van der Waals surface area contributed by atoms with Crippen molar-refractivity contribution in [3.05, 3.63) is 51.3 Å². The number of rotatable bonds is 6. The van der Waals surface area contributed by atoms with Gasteiger partial charge in [-0.3, -0.25) is 4.68 Å². The van der Waals surface area contributed by atoms with Gasteiger partial charge in [0.2, 0.25) is 0 Å². The number of aryl methyl sites for hydroxylation is 2. The van der Waals surface area contributed by atoms with Gasteiger partial charge in [-0.2, -0.15) is 5.10 Å². The normalized spacial score (nSPS) is 12.6. The van der Waals surface area contributed by atoms with Gasteiger partial charge in [-0.05, 0) is 12.5 Å². The predicted octanol–water partition coefficient (Wildman–Crippen LogP) is 3.11. The Hall–Kier alpha value is -1.07. The van der Waals surface area contributed by atoms with Gasteiger partial charge in [0.25, 0.3) is 0 Å². The summed E-state index contributed by atoms with van der Waals surface area (Å²) in [5.41, 5.74) is 2.68. The lowest BCUT2D eigenvalue weighted by Gasteiger charge is -2.13. The van der Waals surface area contributed by atoms with E-state index in [0.29, 0.717) is 23.3 Å². The minimum absolute atomic E-state index is 0.401. The number of hydrogen-bond donors (Lipinski definition) is 2. The molecule has 1 unspecified atom stereocenters. The first kappa shape index (κ1) is 16.3. The zero-order valence-electron chi connectivity index (χ0n) is 12.1. The van der Waals surface area contributed by atoms with Gasteiger partial charge in [0, 0.05) is 36.3 Å². The second-order valence-corrected chi connectivity index (χ2v) is 5.63. The van der Waals surface area contributed by atoms with Crippen LogP contribution in [0.25, 0.3) is 0 Å². The van der Waals surface area contributed by atoms with Crippen molar-refractivity contribution in [1.29, 1.82) is 0 Å². The lowest BCUT2D eigenvalue weighted by atomic mass is 10.1. The third kappa shape index (κ3) is 3.77. The van der Waals surface area contributed by atoms with Gasteiger partial charge in [0.05, 0.1) is 11.8 Å². The quantitative estimate of drug-likeness (QED) is 0.857. The third-order valence-electron chi connectivity index (χ3n) is 3.39. The van der Waals surface area contributed by atoms with Gasteiger partial charge in [0.15, 0.2) is 0 Å². The van der Waals surface area contributed by atoms with Crippen LogP contribution >= 0.6 is 23.2 Å². The van der Waals surface area contributed by atoms with Crippen LogP contribution in [0, 0.1) is 0 Å². The first-order chi connectivity index (χ1) is 10.0. The highest BCUT2D eigenvalue weighted by atomic mass is 35.5. The largest absolute Gasteiger partial charge is 0.387 e. The number of hydrogen-bond acceptors (Lipinski definition) is 3. The van der Waals surface area contributed by atoms with Crippen molar-refractivity contribution in [3.8, 4) is 0 Å². The van der Waals surface area contributed by atoms with Gasteiger partial charge in [-0.25, -0.2) is 0 Å². The molecule has 0 aliphatic carbocycles. The molecule has 0 saturated carbocycles. The molecule has 1 heterocycles. The van der Waals surface area contributed by atoms with Crippen LogP contribution < -0.4 is 5.32 Å². The van der Waals surface area contributed by atoms with E-state index in [0.717, 1.165) is 23.2 Å². The molecule has 0 spiro atoms. The second kappa shape index (κ2) is 7.27. The van der Waals surface area contributed by atoms with Crippen LogP contribution in [-0.4, -0.2) is 21.4 Å². The number of aliphatic hydroxyl groups excluding tert-OH is 1. The molecule has 21 heavy (non-hydrogen) atoms. The van der Waals surface area contributed by atoms with E-state index in [4.69, 9.17) is 23.2 Å². The zero-order chi connectivity index (χ0) is 15.4. The molecule has 0 fully saturated rings. The number of aromatic nitrogens is 2. The van der Waals surface area contributed by atoms with Crippen molar-refractivity contribution >= 4 is 23.2 Å². The van der Waals surface area contributed by atoms with E-state index in [-0.39, 0.29) is 0 Å². The molecule has 114 valence electrons. The second-order valence-electron chi connectivity index (χ2n) is 4.86. The molecule has 1 aromatic heterocycles. The molecule has 0 aliphatic rings. The van der Waals surface area contributed by atoms with E-state index in [2.05, 4.69) is 10.4 Å². The Morgan fingerprint density at radius 1 is 1.33 bits per heavy atom. The number of aliphatic hydroxyl groups is 1. The van der Waals surface area contributed by atoms with E-state index < -0.39 is 6.10 Å². The molecule has 0 amide bonds. The summed E-state index contributed by atoms with van der Waals surface area (Å²) in [7, 11) is 1.82. The van der Waals surface area contributed by atoms with Gasteiger partial charge >= 0.3 is 0 Å². The smallest absolute Gasteiger partial charge is 0.131 e. The van der Waals surface area contributed by atoms with Gasteiger partial charge in [-0.1, -0.05) is 48.3 Å². The molecule has 2 aromatic rings. The number of nitrogens with zero attached hydrogens (tertiary/aromatic N) is 2. The summed E-state index contributed by atoms with van der Waals surface area (Å²) < 4.78 is 1.67. The Morgan fingerprint density at radius 3 is 2.71 bits per heavy atom. The SMILES string of the molecule is CCc1nn(C)c(Cl)c1CNCC(O)c1ccccc1Cl.